The van der Waals surface area contributed by atoms with Gasteiger partial charge in [-0.25, -0.2) is 4.98 Å². The van der Waals surface area contributed by atoms with Crippen molar-refractivity contribution < 1.29 is 20.1 Å². The highest BCUT2D eigenvalue weighted by Crippen LogP contribution is 2.41. The van der Waals surface area contributed by atoms with E-state index in [0.29, 0.717) is 5.44 Å². The number of hydrogen-bond donors (Lipinski definition) is 6. The molecule has 0 amide bonds. The quantitative estimate of drug-likeness (QED) is 0.312. The summed E-state index contributed by atoms with van der Waals surface area (Å²) in [4.78, 5) is 18.2. The summed E-state index contributed by atoms with van der Waals surface area (Å²) in [6.07, 6.45) is -3.16. The smallest absolute Gasteiger partial charge is 0.276 e. The van der Waals surface area contributed by atoms with Crippen molar-refractivity contribution in [3.8, 4) is 0 Å². The van der Waals surface area contributed by atoms with Gasteiger partial charge in [-0.15, -0.1) is 0 Å². The molecule has 3 rings (SSSR count). The molecular formula is C10H15N4O5P. The lowest BCUT2D eigenvalue weighted by molar-refractivity contribution is -0.00833. The van der Waals surface area contributed by atoms with Crippen molar-refractivity contribution in [2.45, 2.75) is 24.2 Å². The van der Waals surface area contributed by atoms with Gasteiger partial charge >= 0.3 is 0 Å². The van der Waals surface area contributed by atoms with Gasteiger partial charge in [0.05, 0.1) is 12.0 Å². The Morgan fingerprint density at radius 3 is 2.85 bits per heavy atom. The summed E-state index contributed by atoms with van der Waals surface area (Å²) < 4.78 is 5.49. The monoisotopic (exact) mass is 302 g/mol. The normalized spacial score (nSPS) is 35.5. The van der Waals surface area contributed by atoms with Crippen LogP contribution in [0.5, 0.6) is 0 Å². The van der Waals surface area contributed by atoms with Crippen molar-refractivity contribution in [2.75, 3.05) is 17.7 Å². The Morgan fingerprint density at radius 1 is 1.45 bits per heavy atom. The lowest BCUT2D eigenvalue weighted by Crippen LogP contribution is -2.33. The predicted octanol–water partition coefficient (Wildman–Crippen LogP) is -3.18. The summed E-state index contributed by atoms with van der Waals surface area (Å²) in [5.74, 6) is 0.923. The van der Waals surface area contributed by atoms with Gasteiger partial charge < -0.3 is 31.1 Å². The van der Waals surface area contributed by atoms with Crippen molar-refractivity contribution in [1.29, 1.82) is 0 Å². The maximum Gasteiger partial charge on any atom is 0.276 e. The van der Waals surface area contributed by atoms with E-state index in [2.05, 4.69) is 15.3 Å². The zero-order valence-corrected chi connectivity index (χ0v) is 11.3. The molecule has 0 radical (unpaired) electrons. The number of hydrogen-bond acceptors (Lipinski definition) is 8. The van der Waals surface area contributed by atoms with Gasteiger partial charge in [0, 0.05) is 5.92 Å². The van der Waals surface area contributed by atoms with E-state index < -0.39 is 43.9 Å². The van der Waals surface area contributed by atoms with Gasteiger partial charge in [-0.3, -0.25) is 9.78 Å². The molecule has 110 valence electrons. The second kappa shape index (κ2) is 4.87. The number of aromatic nitrogens is 2. The van der Waals surface area contributed by atoms with Crippen molar-refractivity contribution in [2.24, 2.45) is 0 Å². The standard InChI is InChI=1S/C10H15N4O5P/c11-10-13-7(18)4-8(14-10)20(2-12-4)9-6(17)5(16)3(1-15)19-9/h2-3,5-6,9,12,15-17,20H,1H2,(H3,11,13,14,18)/t3-,5-,6-,9+/m1/s1. The number of anilines is 2. The third-order valence-corrected chi connectivity index (χ3v) is 5.89. The first-order valence-electron chi connectivity index (χ1n) is 6.02. The minimum Gasteiger partial charge on any atom is -0.394 e. The molecule has 0 saturated carbocycles. The highest BCUT2D eigenvalue weighted by Gasteiger charge is 2.45. The highest BCUT2D eigenvalue weighted by molar-refractivity contribution is 7.66. The largest absolute Gasteiger partial charge is 0.394 e. The van der Waals surface area contributed by atoms with Gasteiger partial charge in [-0.1, -0.05) is 0 Å². The third kappa shape index (κ3) is 1.95. The summed E-state index contributed by atoms with van der Waals surface area (Å²) in [7, 11) is -1.70. The van der Waals surface area contributed by atoms with Crippen LogP contribution in [-0.4, -0.2) is 62.0 Å². The Hall–Kier alpha value is -1.38. The molecule has 2 aliphatic rings. The van der Waals surface area contributed by atoms with E-state index in [0.717, 1.165) is 0 Å². The summed E-state index contributed by atoms with van der Waals surface area (Å²) in [5, 5.41) is 31.7. The Labute approximate surface area is 113 Å². The van der Waals surface area contributed by atoms with Crippen LogP contribution in [-0.2, 0) is 4.74 Å². The van der Waals surface area contributed by atoms with Crippen LogP contribution in [0.15, 0.2) is 4.79 Å². The average Bonchev–Trinajstić information content (AvgIpc) is 2.93. The number of fused-ring (bicyclic) bond motifs is 1. The number of aliphatic hydroxyl groups excluding tert-OH is 3. The number of nitrogens with one attached hydrogen (secondary N) is 2. The second-order valence-corrected chi connectivity index (χ2v) is 6.92. The molecule has 1 aromatic heterocycles. The molecule has 0 bridgehead atoms. The molecule has 20 heavy (non-hydrogen) atoms. The van der Waals surface area contributed by atoms with E-state index in [-0.39, 0.29) is 11.6 Å². The van der Waals surface area contributed by atoms with Crippen LogP contribution < -0.4 is 22.0 Å². The SMILES string of the molecule is Nc1nc2c(c(=O)[nH]1)NC=[PH]2[C@@H]1O[C@H](CO)[C@@H](O)[C@H]1O. The Balaban J connectivity index is 1.98. The first-order valence-corrected chi connectivity index (χ1v) is 7.67. The molecule has 10 heteroatoms. The number of aliphatic hydroxyl groups is 3. The number of nitrogen functional groups attached to an aromatic ring is 1. The minimum absolute atomic E-state index is 0.0138. The summed E-state index contributed by atoms with van der Waals surface area (Å²) >= 11 is 0. The number of H-pyrrole nitrogens is 1. The van der Waals surface area contributed by atoms with Crippen LogP contribution in [0, 0.1) is 0 Å². The van der Waals surface area contributed by atoms with E-state index in [4.69, 9.17) is 15.6 Å². The van der Waals surface area contributed by atoms with E-state index in [1.807, 2.05) is 0 Å². The highest BCUT2D eigenvalue weighted by atomic mass is 31.1. The topological polar surface area (TPSA) is 154 Å². The molecule has 1 fully saturated rings. The van der Waals surface area contributed by atoms with Crippen LogP contribution in [0.4, 0.5) is 11.6 Å². The van der Waals surface area contributed by atoms with Gasteiger partial charge in [-0.2, -0.15) is 0 Å². The second-order valence-electron chi connectivity index (χ2n) is 4.68. The average molecular weight is 302 g/mol. The molecule has 5 atom stereocenters. The van der Waals surface area contributed by atoms with Crippen LogP contribution in [0.2, 0.25) is 0 Å². The lowest BCUT2D eigenvalue weighted by Gasteiger charge is -2.16. The lowest BCUT2D eigenvalue weighted by atomic mass is 10.2. The number of ether oxygens (including phenoxy) is 1. The van der Waals surface area contributed by atoms with Crippen LogP contribution in [0.1, 0.15) is 0 Å². The molecule has 7 N–H and O–H groups in total. The molecule has 2 aliphatic heterocycles. The van der Waals surface area contributed by atoms with E-state index in [1.165, 1.54) is 0 Å². The molecule has 1 unspecified atom stereocenters. The van der Waals surface area contributed by atoms with Crippen molar-refractivity contribution in [3.63, 3.8) is 0 Å². The molecule has 0 aromatic carbocycles. The van der Waals surface area contributed by atoms with E-state index >= 15 is 0 Å². The van der Waals surface area contributed by atoms with E-state index in [9.17, 15) is 15.0 Å². The van der Waals surface area contributed by atoms with Gasteiger partial charge in [0.15, 0.2) is 0 Å². The molecule has 3 heterocycles. The Kier molecular flexibility index (Phi) is 3.31. The summed E-state index contributed by atoms with van der Waals surface area (Å²) in [6, 6.07) is 0. The third-order valence-electron chi connectivity index (χ3n) is 3.43. The maximum absolute atomic E-state index is 11.7. The fourth-order valence-corrected chi connectivity index (χ4v) is 4.91. The van der Waals surface area contributed by atoms with Gasteiger partial charge in [0.25, 0.3) is 5.56 Å². The predicted molar refractivity (Wildman–Crippen MR) is 74.7 cm³/mol. The first-order chi connectivity index (χ1) is 9.52. The van der Waals surface area contributed by atoms with Crippen molar-refractivity contribution >= 4 is 30.5 Å². The molecule has 9 nitrogen and oxygen atoms in total. The zero-order valence-electron chi connectivity index (χ0n) is 10.3. The summed E-state index contributed by atoms with van der Waals surface area (Å²) in [6.45, 7) is -0.394. The van der Waals surface area contributed by atoms with Crippen LogP contribution >= 0.6 is 7.55 Å². The first kappa shape index (κ1) is 13.6. The van der Waals surface area contributed by atoms with Crippen molar-refractivity contribution in [3.05, 3.63) is 10.4 Å². The number of nitrogens with zero attached hydrogens (tertiary/aromatic N) is 1. The molecule has 0 spiro atoms. The number of rotatable bonds is 2. The Bertz CT molecular complexity index is 633. The maximum atomic E-state index is 11.7. The molecule has 1 aromatic rings. The summed E-state index contributed by atoms with van der Waals surface area (Å²) in [5.41, 5.74) is 5.86. The minimum atomic E-state index is -1.70. The number of aromatic amines is 1. The molecule has 1 saturated heterocycles. The Morgan fingerprint density at radius 2 is 2.20 bits per heavy atom. The molecule has 0 aliphatic carbocycles. The van der Waals surface area contributed by atoms with Crippen LogP contribution in [0.25, 0.3) is 0 Å². The van der Waals surface area contributed by atoms with Gasteiger partial charge in [0.2, 0.25) is 5.95 Å². The fraction of sp³-hybridized carbons (Fsp3) is 0.500. The van der Waals surface area contributed by atoms with E-state index in [1.54, 1.807) is 5.92 Å². The number of nitrogens with two attached hydrogens (primary N) is 1. The fourth-order valence-electron chi connectivity index (χ4n) is 2.43. The van der Waals surface area contributed by atoms with Crippen molar-refractivity contribution in [1.82, 2.24) is 9.97 Å². The van der Waals surface area contributed by atoms with Gasteiger partial charge in [-0.05, 0) is 7.55 Å². The zero-order chi connectivity index (χ0) is 14.4. The molecular weight excluding hydrogens is 287 g/mol. The van der Waals surface area contributed by atoms with Gasteiger partial charge in [0.1, 0.15) is 29.8 Å². The van der Waals surface area contributed by atoms with Crippen LogP contribution in [0.3, 0.4) is 0 Å².